The fourth-order valence-corrected chi connectivity index (χ4v) is 3.95. The highest BCUT2D eigenvalue weighted by Gasteiger charge is 2.37. The van der Waals surface area contributed by atoms with Crippen LogP contribution in [0.1, 0.15) is 30.6 Å². The number of carboxylic acids is 1. The zero-order valence-electron chi connectivity index (χ0n) is 13.7. The molecule has 1 aliphatic rings. The zero-order valence-corrected chi connectivity index (χ0v) is 14.5. The van der Waals surface area contributed by atoms with Gasteiger partial charge in [0.1, 0.15) is 0 Å². The third-order valence-corrected chi connectivity index (χ3v) is 5.59. The second kappa shape index (κ2) is 7.21. The van der Waals surface area contributed by atoms with Crippen molar-refractivity contribution in [3.63, 3.8) is 0 Å². The molecule has 1 heterocycles. The van der Waals surface area contributed by atoms with Gasteiger partial charge in [0.2, 0.25) is 10.0 Å². The molecule has 0 aromatic heterocycles. The number of hydrogen-bond acceptors (Lipinski definition) is 4. The summed E-state index contributed by atoms with van der Waals surface area (Å²) in [6.07, 6.45) is 0.518. The number of anilines is 1. The number of likely N-dealkylation sites (tertiary alicyclic amines) is 1. The predicted molar refractivity (Wildman–Crippen MR) is 90.3 cm³/mol. The molecule has 0 aliphatic carbocycles. The molecule has 7 nitrogen and oxygen atoms in total. The van der Waals surface area contributed by atoms with Crippen molar-refractivity contribution < 1.29 is 23.1 Å². The quantitative estimate of drug-likeness (QED) is 0.808. The first-order valence-electron chi connectivity index (χ1n) is 7.86. The lowest BCUT2D eigenvalue weighted by atomic mass is 9.99. The van der Waals surface area contributed by atoms with Gasteiger partial charge in [-0.2, -0.15) is 0 Å². The minimum absolute atomic E-state index is 0.0376. The van der Waals surface area contributed by atoms with Crippen LogP contribution in [0.2, 0.25) is 0 Å². The van der Waals surface area contributed by atoms with E-state index in [1.54, 1.807) is 19.1 Å². The van der Waals surface area contributed by atoms with Crippen LogP contribution in [0.25, 0.3) is 0 Å². The number of aliphatic carboxylic acids is 1. The van der Waals surface area contributed by atoms with Crippen molar-refractivity contribution in [2.75, 3.05) is 23.6 Å². The number of amides is 1. The molecular formula is C16H22N2O5S. The standard InChI is InChI=1S/C16H22N2O5S/c1-3-8-24(22,23)17-13-6-4-12(5-7-13)15(19)18-9-11(2)14(10-18)16(20)21/h4-7,11,14,17H,3,8-10H2,1-2H3,(H,20,21)/t11-,14-/m1/s1. The lowest BCUT2D eigenvalue weighted by molar-refractivity contribution is -0.142. The lowest BCUT2D eigenvalue weighted by Crippen LogP contribution is -2.29. The number of nitrogens with zero attached hydrogens (tertiary/aromatic N) is 1. The SMILES string of the molecule is CCCS(=O)(=O)Nc1ccc(C(=O)N2C[C@@H](C)[C@H](C(=O)O)C2)cc1. The van der Waals surface area contributed by atoms with Crippen LogP contribution in [0.4, 0.5) is 5.69 Å². The number of carbonyl (C=O) groups is 2. The molecule has 2 atom stereocenters. The van der Waals surface area contributed by atoms with Crippen LogP contribution in [-0.4, -0.2) is 49.1 Å². The van der Waals surface area contributed by atoms with Crippen molar-refractivity contribution >= 4 is 27.6 Å². The fourth-order valence-electron chi connectivity index (χ4n) is 2.82. The Morgan fingerprint density at radius 2 is 1.88 bits per heavy atom. The van der Waals surface area contributed by atoms with Gasteiger partial charge in [-0.15, -0.1) is 0 Å². The highest BCUT2D eigenvalue weighted by Crippen LogP contribution is 2.25. The topological polar surface area (TPSA) is 104 Å². The van der Waals surface area contributed by atoms with E-state index in [2.05, 4.69) is 4.72 Å². The first kappa shape index (κ1) is 18.3. The van der Waals surface area contributed by atoms with Gasteiger partial charge in [0, 0.05) is 24.3 Å². The first-order valence-corrected chi connectivity index (χ1v) is 9.51. The van der Waals surface area contributed by atoms with E-state index in [0.717, 1.165) is 0 Å². The molecular weight excluding hydrogens is 332 g/mol. The van der Waals surface area contributed by atoms with Crippen LogP contribution in [0.3, 0.4) is 0 Å². The Bertz CT molecular complexity index is 714. The molecule has 0 saturated carbocycles. The predicted octanol–water partition coefficient (Wildman–Crippen LogP) is 1.63. The summed E-state index contributed by atoms with van der Waals surface area (Å²) in [5.41, 5.74) is 0.810. The molecule has 132 valence electrons. The van der Waals surface area contributed by atoms with Gasteiger partial charge in [-0.3, -0.25) is 14.3 Å². The molecule has 1 aromatic carbocycles. The molecule has 8 heteroatoms. The van der Waals surface area contributed by atoms with Crippen LogP contribution in [0.15, 0.2) is 24.3 Å². The number of carbonyl (C=O) groups excluding carboxylic acids is 1. The second-order valence-electron chi connectivity index (χ2n) is 6.13. The molecule has 0 radical (unpaired) electrons. The third-order valence-electron chi connectivity index (χ3n) is 4.09. The van der Waals surface area contributed by atoms with Crippen LogP contribution in [0, 0.1) is 11.8 Å². The summed E-state index contributed by atoms with van der Waals surface area (Å²) >= 11 is 0. The van der Waals surface area contributed by atoms with E-state index in [1.165, 1.54) is 17.0 Å². The van der Waals surface area contributed by atoms with E-state index >= 15 is 0 Å². The average Bonchev–Trinajstić information content (AvgIpc) is 2.89. The van der Waals surface area contributed by atoms with Crippen molar-refractivity contribution in [2.45, 2.75) is 20.3 Å². The molecule has 1 amide bonds. The summed E-state index contributed by atoms with van der Waals surface area (Å²) in [4.78, 5) is 25.1. The van der Waals surface area contributed by atoms with E-state index in [-0.39, 0.29) is 24.1 Å². The van der Waals surface area contributed by atoms with Crippen LogP contribution >= 0.6 is 0 Å². The van der Waals surface area contributed by atoms with Crippen molar-refractivity contribution in [1.82, 2.24) is 4.90 Å². The van der Waals surface area contributed by atoms with E-state index in [1.807, 2.05) is 6.92 Å². The Hall–Kier alpha value is -2.09. The smallest absolute Gasteiger partial charge is 0.308 e. The molecule has 2 rings (SSSR count). The molecule has 0 spiro atoms. The normalized spacial score (nSPS) is 20.8. The molecule has 24 heavy (non-hydrogen) atoms. The van der Waals surface area contributed by atoms with Gasteiger partial charge in [-0.1, -0.05) is 13.8 Å². The Labute approximate surface area is 141 Å². The zero-order chi connectivity index (χ0) is 17.9. The van der Waals surface area contributed by atoms with Crippen molar-refractivity contribution in [3.05, 3.63) is 29.8 Å². The Morgan fingerprint density at radius 3 is 2.38 bits per heavy atom. The van der Waals surface area contributed by atoms with Crippen molar-refractivity contribution in [2.24, 2.45) is 11.8 Å². The summed E-state index contributed by atoms with van der Waals surface area (Å²) < 4.78 is 25.9. The maximum absolute atomic E-state index is 12.5. The van der Waals surface area contributed by atoms with Gasteiger partial charge in [0.25, 0.3) is 5.91 Å². The summed E-state index contributed by atoms with van der Waals surface area (Å²) in [5, 5.41) is 9.14. The molecule has 1 aromatic rings. The summed E-state index contributed by atoms with van der Waals surface area (Å²) in [6.45, 7) is 4.20. The van der Waals surface area contributed by atoms with E-state index < -0.39 is 21.9 Å². The maximum atomic E-state index is 12.5. The molecule has 1 aliphatic heterocycles. The molecule has 0 unspecified atom stereocenters. The third kappa shape index (κ3) is 4.25. The van der Waals surface area contributed by atoms with Gasteiger partial charge < -0.3 is 10.0 Å². The van der Waals surface area contributed by atoms with E-state index in [0.29, 0.717) is 24.2 Å². The van der Waals surface area contributed by atoms with Gasteiger partial charge in [-0.25, -0.2) is 8.42 Å². The summed E-state index contributed by atoms with van der Waals surface area (Å²) in [7, 11) is -3.37. The number of sulfonamides is 1. The molecule has 1 fully saturated rings. The van der Waals surface area contributed by atoms with Gasteiger partial charge in [0.05, 0.1) is 11.7 Å². The Balaban J connectivity index is 2.06. The lowest BCUT2D eigenvalue weighted by Gasteiger charge is -2.16. The highest BCUT2D eigenvalue weighted by molar-refractivity contribution is 7.92. The molecule has 0 bridgehead atoms. The largest absolute Gasteiger partial charge is 0.481 e. The maximum Gasteiger partial charge on any atom is 0.308 e. The average molecular weight is 354 g/mol. The number of rotatable bonds is 6. The van der Waals surface area contributed by atoms with E-state index in [9.17, 15) is 18.0 Å². The molecule has 1 saturated heterocycles. The summed E-state index contributed by atoms with van der Waals surface area (Å²) in [5.74, 6) is -1.73. The number of benzene rings is 1. The van der Waals surface area contributed by atoms with Crippen LogP contribution in [-0.2, 0) is 14.8 Å². The number of hydrogen-bond donors (Lipinski definition) is 2. The van der Waals surface area contributed by atoms with Gasteiger partial charge in [-0.05, 0) is 36.6 Å². The first-order chi connectivity index (χ1) is 11.2. The van der Waals surface area contributed by atoms with Crippen molar-refractivity contribution in [3.8, 4) is 0 Å². The Morgan fingerprint density at radius 1 is 1.25 bits per heavy atom. The van der Waals surface area contributed by atoms with Crippen molar-refractivity contribution in [1.29, 1.82) is 0 Å². The monoisotopic (exact) mass is 354 g/mol. The van der Waals surface area contributed by atoms with Gasteiger partial charge >= 0.3 is 5.97 Å². The van der Waals surface area contributed by atoms with E-state index in [4.69, 9.17) is 5.11 Å². The number of carboxylic acid groups (broad SMARTS) is 1. The fraction of sp³-hybridized carbons (Fsp3) is 0.500. The second-order valence-corrected chi connectivity index (χ2v) is 7.97. The Kier molecular flexibility index (Phi) is 5.48. The van der Waals surface area contributed by atoms with Gasteiger partial charge in [0.15, 0.2) is 0 Å². The van der Waals surface area contributed by atoms with Crippen LogP contribution in [0.5, 0.6) is 0 Å². The highest BCUT2D eigenvalue weighted by atomic mass is 32.2. The number of nitrogens with one attached hydrogen (secondary N) is 1. The minimum Gasteiger partial charge on any atom is -0.481 e. The minimum atomic E-state index is -3.37. The molecule has 2 N–H and O–H groups in total. The summed E-state index contributed by atoms with van der Waals surface area (Å²) in [6, 6.07) is 6.17. The van der Waals surface area contributed by atoms with Crippen LogP contribution < -0.4 is 4.72 Å².